The highest BCUT2D eigenvalue weighted by Gasteiger charge is 2.48. The highest BCUT2D eigenvalue weighted by atomic mass is 35.5. The van der Waals surface area contributed by atoms with Crippen molar-refractivity contribution in [3.05, 3.63) is 29.3 Å². The highest BCUT2D eigenvalue weighted by molar-refractivity contribution is 8.01. The molecule has 0 saturated carbocycles. The Balaban J connectivity index is 3.47. The molecule has 0 bridgehead atoms. The third-order valence-corrected chi connectivity index (χ3v) is 5.10. The molecule has 1 aromatic rings. The molecule has 0 spiro atoms. The Bertz CT molecular complexity index is 620. The van der Waals surface area contributed by atoms with Gasteiger partial charge in [-0.3, -0.25) is 0 Å². The fourth-order valence-electron chi connectivity index (χ4n) is 0.923. The number of benzene rings is 1. The quantitative estimate of drug-likeness (QED) is 0.752. The Morgan fingerprint density at radius 3 is 1.80 bits per heavy atom. The zero-order valence-corrected chi connectivity index (χ0v) is 11.4. The number of halogens is 7. The molecular weight excluding hydrogens is 356 g/mol. The summed E-state index contributed by atoms with van der Waals surface area (Å²) in [4.78, 5) is -0.741. The Morgan fingerprint density at radius 1 is 1.00 bits per heavy atom. The first-order valence-corrected chi connectivity index (χ1v) is 7.45. The molecule has 3 nitrogen and oxygen atoms in total. The molecule has 114 valence electrons. The molecule has 1 rings (SSSR count). The molecule has 0 aliphatic heterocycles. The first-order chi connectivity index (χ1) is 8.84. The van der Waals surface area contributed by atoms with E-state index in [2.05, 4.69) is 0 Å². The number of rotatable bonds is 2. The maximum Gasteiger partial charge on any atom is 0.519 e. The third-order valence-electron chi connectivity index (χ3n) is 1.72. The predicted molar refractivity (Wildman–Crippen MR) is 60.5 cm³/mol. The number of hydrogen-bond acceptors (Lipinski definition) is 2. The maximum absolute atomic E-state index is 12.7. The molecule has 0 saturated heterocycles. The zero-order chi connectivity index (χ0) is 15.8. The normalized spacial score (nSPS) is 15.3. The molecule has 0 aromatic heterocycles. The second-order valence-corrected chi connectivity index (χ2v) is 7.13. The average molecular weight is 360 g/mol. The van der Waals surface area contributed by atoms with Gasteiger partial charge in [-0.25, -0.2) is 0 Å². The van der Waals surface area contributed by atoms with Crippen LogP contribution in [0.2, 0.25) is 5.02 Å². The molecule has 1 unspecified atom stereocenters. The predicted octanol–water partition coefficient (Wildman–Crippen LogP) is 3.87. The zero-order valence-electron chi connectivity index (χ0n) is 9.04. The van der Waals surface area contributed by atoms with Crippen LogP contribution >= 0.6 is 11.6 Å². The van der Waals surface area contributed by atoms with Crippen LogP contribution in [0.5, 0.6) is 0 Å². The molecule has 20 heavy (non-hydrogen) atoms. The summed E-state index contributed by atoms with van der Waals surface area (Å²) in [5.74, 6) is 0. The van der Waals surface area contributed by atoms with Crippen molar-refractivity contribution in [1.82, 2.24) is 0 Å². The molecule has 0 radical (unpaired) electrons. The van der Waals surface area contributed by atoms with Crippen LogP contribution in [0.4, 0.5) is 26.3 Å². The topological polar surface area (TPSA) is 46.5 Å². The van der Waals surface area contributed by atoms with Gasteiger partial charge >= 0.3 is 21.0 Å². The Morgan fingerprint density at radius 2 is 1.45 bits per heavy atom. The van der Waals surface area contributed by atoms with Gasteiger partial charge in [0.2, 0.25) is 0 Å². The van der Waals surface area contributed by atoms with Crippen LogP contribution in [0.3, 0.4) is 0 Å². The summed E-state index contributed by atoms with van der Waals surface area (Å²) in [6.07, 6.45) is 0. The van der Waals surface area contributed by atoms with E-state index in [1.54, 1.807) is 0 Å². The van der Waals surface area contributed by atoms with Gasteiger partial charge in [0.25, 0.3) is 0 Å². The molecule has 1 aromatic carbocycles. The van der Waals surface area contributed by atoms with Gasteiger partial charge in [-0.15, -0.1) is 3.77 Å². The van der Waals surface area contributed by atoms with Crippen molar-refractivity contribution in [3.8, 4) is 0 Å². The minimum absolute atomic E-state index is 0.0400. The van der Waals surface area contributed by atoms with E-state index < -0.39 is 36.6 Å². The minimum Gasteiger partial charge on any atom is -0.194 e. The number of sulfonamides is 1. The fourth-order valence-corrected chi connectivity index (χ4v) is 3.52. The smallest absolute Gasteiger partial charge is 0.194 e. The summed E-state index contributed by atoms with van der Waals surface area (Å²) >= 11 is 5.43. The second-order valence-electron chi connectivity index (χ2n) is 3.18. The molecule has 0 fully saturated rings. The van der Waals surface area contributed by atoms with Crippen LogP contribution in [0.15, 0.2) is 32.9 Å². The molecular formula is C8H4ClF6NO2S2. The molecule has 0 amide bonds. The van der Waals surface area contributed by atoms with E-state index in [4.69, 9.17) is 11.6 Å². The fraction of sp³-hybridized carbons (Fsp3) is 0.250. The lowest BCUT2D eigenvalue weighted by Crippen LogP contribution is -2.25. The van der Waals surface area contributed by atoms with E-state index in [0.717, 1.165) is 24.3 Å². The SMILES string of the molecule is O=S(=O)(/N=S(\c1ccc(Cl)cc1)C(F)(F)F)C(F)(F)F. The lowest BCUT2D eigenvalue weighted by Gasteiger charge is -2.12. The van der Waals surface area contributed by atoms with Gasteiger partial charge in [-0.2, -0.15) is 34.8 Å². The van der Waals surface area contributed by atoms with Gasteiger partial charge in [-0.1, -0.05) is 11.6 Å². The van der Waals surface area contributed by atoms with Gasteiger partial charge in [0.15, 0.2) is 0 Å². The minimum atomic E-state index is -6.25. The van der Waals surface area contributed by atoms with E-state index >= 15 is 0 Å². The molecule has 0 heterocycles. The van der Waals surface area contributed by atoms with E-state index in [9.17, 15) is 34.8 Å². The van der Waals surface area contributed by atoms with Crippen LogP contribution in [0, 0.1) is 0 Å². The summed E-state index contributed by atoms with van der Waals surface area (Å²) in [5, 5.41) is 0.0400. The van der Waals surface area contributed by atoms with E-state index in [-0.39, 0.29) is 5.02 Å². The van der Waals surface area contributed by atoms with Crippen molar-refractivity contribution in [2.75, 3.05) is 0 Å². The van der Waals surface area contributed by atoms with Crippen molar-refractivity contribution in [2.24, 2.45) is 3.77 Å². The summed E-state index contributed by atoms with van der Waals surface area (Å²) < 4.78 is 97.8. The molecule has 0 aliphatic carbocycles. The van der Waals surface area contributed by atoms with Crippen molar-refractivity contribution in [2.45, 2.75) is 15.9 Å². The number of hydrogen-bond donors (Lipinski definition) is 0. The Hall–Kier alpha value is -0.810. The highest BCUT2D eigenvalue weighted by Crippen LogP contribution is 2.33. The van der Waals surface area contributed by atoms with Crippen molar-refractivity contribution in [3.63, 3.8) is 0 Å². The van der Waals surface area contributed by atoms with Crippen molar-refractivity contribution < 1.29 is 34.8 Å². The van der Waals surface area contributed by atoms with Gasteiger partial charge in [0.1, 0.15) is 0 Å². The third kappa shape index (κ3) is 4.09. The lowest BCUT2D eigenvalue weighted by molar-refractivity contribution is -0.0437. The first-order valence-electron chi connectivity index (χ1n) is 4.46. The average Bonchev–Trinajstić information content (AvgIpc) is 2.24. The largest absolute Gasteiger partial charge is 0.519 e. The van der Waals surface area contributed by atoms with E-state index in [1.807, 2.05) is 3.77 Å². The number of nitrogens with zero attached hydrogens (tertiary/aromatic N) is 1. The summed E-state index contributed by atoms with van der Waals surface area (Å²) in [7, 11) is -9.72. The van der Waals surface area contributed by atoms with Crippen LogP contribution in [0.1, 0.15) is 0 Å². The van der Waals surface area contributed by atoms with Crippen LogP contribution in [-0.2, 0) is 20.7 Å². The summed E-state index contributed by atoms with van der Waals surface area (Å²) in [6.45, 7) is 0. The van der Waals surface area contributed by atoms with Gasteiger partial charge in [-0.05, 0) is 24.3 Å². The standard InChI is InChI=1S/C8H4ClF6NO2S2/c9-5-1-3-6(4-2-5)19(7(10,11)12)16-20(17,18)8(13,14)15/h1-4H. The lowest BCUT2D eigenvalue weighted by atomic mass is 10.4. The molecule has 0 aliphatic rings. The van der Waals surface area contributed by atoms with Gasteiger partial charge in [0.05, 0.1) is 10.7 Å². The van der Waals surface area contributed by atoms with Crippen LogP contribution < -0.4 is 0 Å². The van der Waals surface area contributed by atoms with Crippen molar-refractivity contribution >= 4 is 32.3 Å². The molecule has 1 atom stereocenters. The van der Waals surface area contributed by atoms with Gasteiger partial charge < -0.3 is 0 Å². The van der Waals surface area contributed by atoms with Crippen LogP contribution in [-0.4, -0.2) is 19.4 Å². The number of alkyl halides is 6. The second kappa shape index (κ2) is 5.53. The van der Waals surface area contributed by atoms with Crippen molar-refractivity contribution in [1.29, 1.82) is 0 Å². The Kier molecular flexibility index (Phi) is 4.76. The molecule has 12 heteroatoms. The van der Waals surface area contributed by atoms with E-state index in [1.165, 1.54) is 0 Å². The summed E-state index contributed by atoms with van der Waals surface area (Å²) in [6, 6.07) is 3.49. The maximum atomic E-state index is 12.7. The Labute approximate surface area is 116 Å². The monoisotopic (exact) mass is 359 g/mol. The first kappa shape index (κ1) is 17.2. The summed E-state index contributed by atoms with van der Waals surface area (Å²) in [5.41, 5.74) is -11.2. The van der Waals surface area contributed by atoms with Crippen LogP contribution in [0.25, 0.3) is 0 Å². The van der Waals surface area contributed by atoms with E-state index in [0.29, 0.717) is 0 Å². The van der Waals surface area contributed by atoms with Gasteiger partial charge in [0, 0.05) is 9.92 Å². The molecule has 0 N–H and O–H groups in total.